The Morgan fingerprint density at radius 1 is 1.38 bits per heavy atom. The molecular weight excluding hydrogens is 202 g/mol. The second kappa shape index (κ2) is 6.86. The van der Waals surface area contributed by atoms with E-state index in [4.69, 9.17) is 0 Å². The van der Waals surface area contributed by atoms with Gasteiger partial charge in [-0.25, -0.2) is 0 Å². The first kappa shape index (κ1) is 13.5. The third kappa shape index (κ3) is 4.49. The number of amides is 1. The highest BCUT2D eigenvalue weighted by Crippen LogP contribution is 2.10. The van der Waals surface area contributed by atoms with Crippen LogP contribution >= 0.6 is 0 Å². The van der Waals surface area contributed by atoms with Crippen LogP contribution in [0.25, 0.3) is 0 Å². The zero-order valence-electron chi connectivity index (χ0n) is 10.8. The molecular formula is C12H25N3O. The lowest BCUT2D eigenvalue weighted by Crippen LogP contribution is -2.46. The topological polar surface area (TPSA) is 35.6 Å². The van der Waals surface area contributed by atoms with Crippen molar-refractivity contribution in [2.75, 3.05) is 40.3 Å². The molecule has 0 aliphatic carbocycles. The first-order chi connectivity index (χ1) is 7.63. The monoisotopic (exact) mass is 227 g/mol. The number of rotatable bonds is 5. The average Bonchev–Trinajstić information content (AvgIpc) is 2.28. The molecule has 0 radical (unpaired) electrons. The van der Waals surface area contributed by atoms with Crippen molar-refractivity contribution in [2.24, 2.45) is 0 Å². The van der Waals surface area contributed by atoms with Crippen LogP contribution in [-0.4, -0.2) is 62.0 Å². The zero-order valence-corrected chi connectivity index (χ0v) is 10.8. The molecule has 1 fully saturated rings. The molecule has 0 aromatic carbocycles. The van der Waals surface area contributed by atoms with Crippen molar-refractivity contribution in [3.05, 3.63) is 0 Å². The summed E-state index contributed by atoms with van der Waals surface area (Å²) in [6, 6.07) is 0.658. The molecule has 0 unspecified atom stereocenters. The highest BCUT2D eigenvalue weighted by molar-refractivity contribution is 5.77. The Morgan fingerprint density at radius 3 is 2.50 bits per heavy atom. The molecule has 0 aromatic heterocycles. The second-order valence-corrected chi connectivity index (χ2v) is 4.79. The Morgan fingerprint density at radius 2 is 2.00 bits per heavy atom. The Labute approximate surface area is 99.0 Å². The van der Waals surface area contributed by atoms with Gasteiger partial charge in [-0.2, -0.15) is 0 Å². The third-order valence-corrected chi connectivity index (χ3v) is 3.13. The highest BCUT2D eigenvalue weighted by Gasteiger charge is 2.20. The van der Waals surface area contributed by atoms with Crippen LogP contribution < -0.4 is 5.32 Å². The predicted molar refractivity (Wildman–Crippen MR) is 66.4 cm³/mol. The molecule has 1 N–H and O–H groups in total. The molecule has 16 heavy (non-hydrogen) atoms. The molecule has 1 saturated heterocycles. The largest absolute Gasteiger partial charge is 0.348 e. The van der Waals surface area contributed by atoms with Gasteiger partial charge in [0.05, 0.1) is 6.54 Å². The number of hydrogen-bond acceptors (Lipinski definition) is 3. The summed E-state index contributed by atoms with van der Waals surface area (Å²) in [5, 5.41) is 3.55. The van der Waals surface area contributed by atoms with Crippen LogP contribution in [0.4, 0.5) is 0 Å². The van der Waals surface area contributed by atoms with Crippen molar-refractivity contribution in [3.8, 4) is 0 Å². The summed E-state index contributed by atoms with van der Waals surface area (Å²) in [5.74, 6) is 0.208. The fraction of sp³-hybridized carbons (Fsp3) is 0.917. The summed E-state index contributed by atoms with van der Waals surface area (Å²) in [5.41, 5.74) is 0. The van der Waals surface area contributed by atoms with Crippen molar-refractivity contribution in [3.63, 3.8) is 0 Å². The van der Waals surface area contributed by atoms with E-state index in [1.165, 1.54) is 19.3 Å². The summed E-state index contributed by atoms with van der Waals surface area (Å²) in [7, 11) is 3.63. The molecule has 0 spiro atoms. The van der Waals surface area contributed by atoms with Gasteiger partial charge in [0.1, 0.15) is 0 Å². The Hall–Kier alpha value is -0.610. The first-order valence-electron chi connectivity index (χ1n) is 6.29. The number of hydrogen-bond donors (Lipinski definition) is 1. The van der Waals surface area contributed by atoms with Gasteiger partial charge in [0.2, 0.25) is 5.91 Å². The fourth-order valence-corrected chi connectivity index (χ4v) is 1.98. The smallest absolute Gasteiger partial charge is 0.236 e. The maximum atomic E-state index is 11.5. The standard InChI is InChI=1S/C12H25N3O/c1-4-7-13-11-5-8-15(9-6-11)10-12(16)14(2)3/h11,13H,4-10H2,1-3H3. The summed E-state index contributed by atoms with van der Waals surface area (Å²) >= 11 is 0. The van der Waals surface area contributed by atoms with E-state index in [1.807, 2.05) is 14.1 Å². The molecule has 4 heteroatoms. The lowest BCUT2D eigenvalue weighted by atomic mass is 10.0. The van der Waals surface area contributed by atoms with Crippen molar-refractivity contribution in [1.29, 1.82) is 0 Å². The van der Waals surface area contributed by atoms with E-state index >= 15 is 0 Å². The zero-order chi connectivity index (χ0) is 12.0. The Balaban J connectivity index is 2.19. The van der Waals surface area contributed by atoms with Crippen LogP contribution in [0.3, 0.4) is 0 Å². The minimum Gasteiger partial charge on any atom is -0.348 e. The van der Waals surface area contributed by atoms with Gasteiger partial charge in [0, 0.05) is 33.2 Å². The fourth-order valence-electron chi connectivity index (χ4n) is 1.98. The lowest BCUT2D eigenvalue weighted by Gasteiger charge is -2.32. The summed E-state index contributed by atoms with van der Waals surface area (Å²) in [4.78, 5) is 15.5. The number of piperidine rings is 1. The van der Waals surface area contributed by atoms with Crippen LogP contribution in [0.2, 0.25) is 0 Å². The average molecular weight is 227 g/mol. The number of likely N-dealkylation sites (tertiary alicyclic amines) is 1. The van der Waals surface area contributed by atoms with E-state index in [0.29, 0.717) is 12.6 Å². The predicted octanol–water partition coefficient (Wildman–Crippen LogP) is 0.539. The van der Waals surface area contributed by atoms with Crippen LogP contribution in [0.15, 0.2) is 0 Å². The van der Waals surface area contributed by atoms with Gasteiger partial charge in [-0.05, 0) is 25.8 Å². The maximum Gasteiger partial charge on any atom is 0.236 e. The molecule has 1 heterocycles. The summed E-state index contributed by atoms with van der Waals surface area (Å²) < 4.78 is 0. The van der Waals surface area contributed by atoms with Crippen LogP contribution in [0.5, 0.6) is 0 Å². The van der Waals surface area contributed by atoms with Crippen molar-refractivity contribution < 1.29 is 4.79 Å². The highest BCUT2D eigenvalue weighted by atomic mass is 16.2. The van der Waals surface area contributed by atoms with Gasteiger partial charge in [0.25, 0.3) is 0 Å². The number of nitrogens with zero attached hydrogens (tertiary/aromatic N) is 2. The van der Waals surface area contributed by atoms with E-state index < -0.39 is 0 Å². The molecule has 0 atom stereocenters. The first-order valence-corrected chi connectivity index (χ1v) is 6.29. The number of carbonyl (C=O) groups is 1. The Bertz CT molecular complexity index is 210. The summed E-state index contributed by atoms with van der Waals surface area (Å²) in [6.45, 7) is 5.97. The molecule has 0 aromatic rings. The number of likely N-dealkylation sites (N-methyl/N-ethyl adjacent to an activating group) is 1. The van der Waals surface area contributed by atoms with E-state index in [1.54, 1.807) is 4.90 Å². The normalized spacial score (nSPS) is 18.7. The van der Waals surface area contributed by atoms with Gasteiger partial charge in [-0.15, -0.1) is 0 Å². The third-order valence-electron chi connectivity index (χ3n) is 3.13. The second-order valence-electron chi connectivity index (χ2n) is 4.79. The van der Waals surface area contributed by atoms with Crippen LogP contribution in [0.1, 0.15) is 26.2 Å². The number of nitrogens with one attached hydrogen (secondary N) is 1. The Kier molecular flexibility index (Phi) is 5.77. The molecule has 4 nitrogen and oxygen atoms in total. The van der Waals surface area contributed by atoms with E-state index in [0.717, 1.165) is 19.6 Å². The SMILES string of the molecule is CCCNC1CCN(CC(=O)N(C)C)CC1. The maximum absolute atomic E-state index is 11.5. The quantitative estimate of drug-likeness (QED) is 0.744. The van der Waals surface area contributed by atoms with Crippen molar-refractivity contribution >= 4 is 5.91 Å². The van der Waals surface area contributed by atoms with E-state index in [9.17, 15) is 4.79 Å². The van der Waals surface area contributed by atoms with E-state index in [-0.39, 0.29) is 5.91 Å². The van der Waals surface area contributed by atoms with Gasteiger partial charge >= 0.3 is 0 Å². The molecule has 94 valence electrons. The molecule has 1 aliphatic heterocycles. The summed E-state index contributed by atoms with van der Waals surface area (Å²) in [6.07, 6.45) is 3.53. The van der Waals surface area contributed by atoms with Gasteiger partial charge in [0.15, 0.2) is 0 Å². The van der Waals surface area contributed by atoms with Gasteiger partial charge in [-0.3, -0.25) is 9.69 Å². The van der Waals surface area contributed by atoms with Crippen LogP contribution in [0, 0.1) is 0 Å². The molecule has 0 saturated carbocycles. The van der Waals surface area contributed by atoms with Crippen LogP contribution in [-0.2, 0) is 4.79 Å². The van der Waals surface area contributed by atoms with Gasteiger partial charge < -0.3 is 10.2 Å². The van der Waals surface area contributed by atoms with Crippen molar-refractivity contribution in [1.82, 2.24) is 15.1 Å². The van der Waals surface area contributed by atoms with Gasteiger partial charge in [-0.1, -0.05) is 6.92 Å². The number of carbonyl (C=O) groups excluding carboxylic acids is 1. The minimum absolute atomic E-state index is 0.208. The molecule has 1 rings (SSSR count). The molecule has 1 amide bonds. The molecule has 1 aliphatic rings. The molecule has 0 bridgehead atoms. The lowest BCUT2D eigenvalue weighted by molar-refractivity contribution is -0.130. The van der Waals surface area contributed by atoms with Crippen molar-refractivity contribution in [2.45, 2.75) is 32.2 Å². The minimum atomic E-state index is 0.208. The van der Waals surface area contributed by atoms with E-state index in [2.05, 4.69) is 17.1 Å².